The molecule has 2 fully saturated rings. The molecule has 0 unspecified atom stereocenters. The molecule has 0 aromatic carbocycles. The second-order valence-corrected chi connectivity index (χ2v) is 8.94. The molecule has 2 aliphatic rings. The lowest BCUT2D eigenvalue weighted by Crippen LogP contribution is -2.49. The van der Waals surface area contributed by atoms with E-state index in [1.54, 1.807) is 8.61 Å². The summed E-state index contributed by atoms with van der Waals surface area (Å²) in [6.45, 7) is 12.7. The van der Waals surface area contributed by atoms with Crippen LogP contribution in [-0.2, 0) is 28.0 Å². The summed E-state index contributed by atoms with van der Waals surface area (Å²) in [7, 11) is -3.38. The van der Waals surface area contributed by atoms with Gasteiger partial charge in [-0.2, -0.15) is 22.1 Å². The van der Waals surface area contributed by atoms with Crippen LogP contribution in [0.15, 0.2) is 0 Å². The number of hydrogen-bond donors (Lipinski definition) is 0. The van der Waals surface area contributed by atoms with Crippen molar-refractivity contribution in [1.82, 2.24) is 23.3 Å². The Morgan fingerprint density at radius 2 is 1.69 bits per heavy atom. The van der Waals surface area contributed by atoms with Gasteiger partial charge < -0.3 is 4.74 Å². The van der Waals surface area contributed by atoms with Gasteiger partial charge in [0.05, 0.1) is 18.9 Å². The standard InChI is InChI=1S/C17H31N5O3S/c1-4-22-16(3)17(15(2)18-22)14-19-6-5-7-20(9-8-19)26(23,24)21-10-12-25-13-11-21/h4-14H2,1-3H3. The monoisotopic (exact) mass is 385 g/mol. The molecule has 3 heterocycles. The first kappa shape index (κ1) is 19.8. The normalized spacial score (nSPS) is 21.8. The molecule has 0 spiro atoms. The van der Waals surface area contributed by atoms with E-state index in [0.29, 0.717) is 39.4 Å². The predicted octanol–water partition coefficient (Wildman–Crippen LogP) is 0.605. The minimum Gasteiger partial charge on any atom is -0.379 e. The smallest absolute Gasteiger partial charge is 0.282 e. The lowest BCUT2D eigenvalue weighted by molar-refractivity contribution is 0.0702. The SMILES string of the molecule is CCn1nc(C)c(CN2CCCN(S(=O)(=O)N3CCOCC3)CC2)c1C. The molecule has 2 aliphatic heterocycles. The molecule has 0 radical (unpaired) electrons. The number of aryl methyl sites for hydroxylation is 2. The van der Waals surface area contributed by atoms with Gasteiger partial charge >= 0.3 is 0 Å². The second-order valence-electron chi connectivity index (χ2n) is 7.01. The molecule has 0 N–H and O–H groups in total. The molecule has 2 saturated heterocycles. The van der Waals surface area contributed by atoms with E-state index in [1.807, 2.05) is 4.68 Å². The van der Waals surface area contributed by atoms with Crippen LogP contribution in [0.5, 0.6) is 0 Å². The molecule has 26 heavy (non-hydrogen) atoms. The van der Waals surface area contributed by atoms with E-state index < -0.39 is 10.2 Å². The van der Waals surface area contributed by atoms with Gasteiger partial charge in [-0.1, -0.05) is 0 Å². The van der Waals surface area contributed by atoms with Gasteiger partial charge in [0, 0.05) is 57.1 Å². The zero-order chi connectivity index (χ0) is 18.7. The summed E-state index contributed by atoms with van der Waals surface area (Å²) >= 11 is 0. The Morgan fingerprint density at radius 1 is 1.00 bits per heavy atom. The first-order valence-electron chi connectivity index (χ1n) is 9.51. The van der Waals surface area contributed by atoms with E-state index in [0.717, 1.165) is 38.3 Å². The lowest BCUT2D eigenvalue weighted by Gasteiger charge is -2.31. The number of ether oxygens (including phenoxy) is 1. The van der Waals surface area contributed by atoms with E-state index in [4.69, 9.17) is 4.74 Å². The Balaban J connectivity index is 1.64. The van der Waals surface area contributed by atoms with Gasteiger partial charge in [0.2, 0.25) is 0 Å². The largest absolute Gasteiger partial charge is 0.379 e. The highest BCUT2D eigenvalue weighted by molar-refractivity contribution is 7.86. The van der Waals surface area contributed by atoms with Gasteiger partial charge in [-0.05, 0) is 33.7 Å². The third-order valence-electron chi connectivity index (χ3n) is 5.38. The van der Waals surface area contributed by atoms with Crippen molar-refractivity contribution in [3.05, 3.63) is 17.0 Å². The quantitative estimate of drug-likeness (QED) is 0.743. The lowest BCUT2D eigenvalue weighted by atomic mass is 10.2. The Morgan fingerprint density at radius 3 is 2.35 bits per heavy atom. The maximum absolute atomic E-state index is 12.9. The third kappa shape index (κ3) is 4.12. The molecule has 148 valence electrons. The van der Waals surface area contributed by atoms with Gasteiger partial charge in [0.1, 0.15) is 0 Å². The minimum atomic E-state index is -3.38. The van der Waals surface area contributed by atoms with E-state index in [-0.39, 0.29) is 0 Å². The molecule has 1 aromatic rings. The number of aromatic nitrogens is 2. The molecule has 0 bridgehead atoms. The van der Waals surface area contributed by atoms with E-state index in [2.05, 4.69) is 30.8 Å². The molecule has 0 amide bonds. The highest BCUT2D eigenvalue weighted by Crippen LogP contribution is 2.19. The fraction of sp³-hybridized carbons (Fsp3) is 0.824. The van der Waals surface area contributed by atoms with Gasteiger partial charge in [0.15, 0.2) is 0 Å². The minimum absolute atomic E-state index is 0.455. The highest BCUT2D eigenvalue weighted by Gasteiger charge is 2.32. The summed E-state index contributed by atoms with van der Waals surface area (Å²) in [4.78, 5) is 2.35. The molecule has 8 nitrogen and oxygen atoms in total. The number of hydrogen-bond acceptors (Lipinski definition) is 5. The van der Waals surface area contributed by atoms with Crippen LogP contribution in [0.2, 0.25) is 0 Å². The van der Waals surface area contributed by atoms with Crippen LogP contribution in [0.4, 0.5) is 0 Å². The summed E-state index contributed by atoms with van der Waals surface area (Å²) in [6.07, 6.45) is 0.851. The van der Waals surface area contributed by atoms with Gasteiger partial charge in [-0.3, -0.25) is 9.58 Å². The van der Waals surface area contributed by atoms with Crippen LogP contribution in [0, 0.1) is 13.8 Å². The zero-order valence-corrected chi connectivity index (χ0v) is 17.0. The van der Waals surface area contributed by atoms with Crippen LogP contribution < -0.4 is 0 Å². The van der Waals surface area contributed by atoms with Crippen LogP contribution in [-0.4, -0.2) is 84.2 Å². The van der Waals surface area contributed by atoms with E-state index >= 15 is 0 Å². The van der Waals surface area contributed by atoms with Crippen molar-refractivity contribution >= 4 is 10.2 Å². The summed E-state index contributed by atoms with van der Waals surface area (Å²) in [5.41, 5.74) is 3.56. The predicted molar refractivity (Wildman–Crippen MR) is 100 cm³/mol. The van der Waals surface area contributed by atoms with E-state index in [9.17, 15) is 8.42 Å². The molecular weight excluding hydrogens is 354 g/mol. The van der Waals surface area contributed by atoms with Crippen molar-refractivity contribution in [2.75, 3.05) is 52.5 Å². The first-order chi connectivity index (χ1) is 12.4. The molecular formula is C17H31N5O3S. The average Bonchev–Trinajstić information content (AvgIpc) is 2.82. The summed E-state index contributed by atoms with van der Waals surface area (Å²) in [5.74, 6) is 0. The summed E-state index contributed by atoms with van der Waals surface area (Å²) in [6, 6.07) is 0. The highest BCUT2D eigenvalue weighted by atomic mass is 32.2. The molecule has 9 heteroatoms. The number of nitrogens with zero attached hydrogens (tertiary/aromatic N) is 5. The fourth-order valence-corrected chi connectivity index (χ4v) is 5.38. The van der Waals surface area contributed by atoms with Crippen LogP contribution in [0.3, 0.4) is 0 Å². The van der Waals surface area contributed by atoms with Gasteiger partial charge in [0.25, 0.3) is 10.2 Å². The average molecular weight is 386 g/mol. The van der Waals surface area contributed by atoms with Crippen molar-refractivity contribution in [2.45, 2.75) is 40.3 Å². The first-order valence-corrected chi connectivity index (χ1v) is 10.9. The fourth-order valence-electron chi connectivity index (χ4n) is 3.77. The Hall–Kier alpha value is -1.00. The maximum Gasteiger partial charge on any atom is 0.282 e. The third-order valence-corrected chi connectivity index (χ3v) is 7.42. The van der Waals surface area contributed by atoms with Crippen LogP contribution in [0.25, 0.3) is 0 Å². The zero-order valence-electron chi connectivity index (χ0n) is 16.1. The van der Waals surface area contributed by atoms with Crippen molar-refractivity contribution in [3.8, 4) is 0 Å². The topological polar surface area (TPSA) is 70.9 Å². The maximum atomic E-state index is 12.9. The molecule has 1 aromatic heterocycles. The second kappa shape index (κ2) is 8.35. The van der Waals surface area contributed by atoms with Crippen LogP contribution in [0.1, 0.15) is 30.3 Å². The van der Waals surface area contributed by atoms with Crippen molar-refractivity contribution in [1.29, 1.82) is 0 Å². The Bertz CT molecular complexity index is 712. The summed E-state index contributed by atoms with van der Waals surface area (Å²) < 4.78 is 36.3. The van der Waals surface area contributed by atoms with Crippen molar-refractivity contribution < 1.29 is 13.2 Å². The number of morpholine rings is 1. The Labute approximate surface area is 156 Å². The molecule has 0 atom stereocenters. The van der Waals surface area contributed by atoms with Gasteiger partial charge in [-0.15, -0.1) is 0 Å². The van der Waals surface area contributed by atoms with E-state index in [1.165, 1.54) is 11.3 Å². The molecule has 3 rings (SSSR count). The molecule has 0 saturated carbocycles. The molecule has 0 aliphatic carbocycles. The Kier molecular flexibility index (Phi) is 6.34. The van der Waals surface area contributed by atoms with Crippen LogP contribution >= 0.6 is 0 Å². The number of rotatable bonds is 5. The van der Waals surface area contributed by atoms with Crippen molar-refractivity contribution in [3.63, 3.8) is 0 Å². The van der Waals surface area contributed by atoms with Crippen molar-refractivity contribution in [2.24, 2.45) is 0 Å². The van der Waals surface area contributed by atoms with Gasteiger partial charge in [-0.25, -0.2) is 0 Å². The summed E-state index contributed by atoms with van der Waals surface area (Å²) in [5, 5.41) is 4.60.